The third kappa shape index (κ3) is 6.88. The van der Waals surface area contributed by atoms with Gasteiger partial charge in [0.05, 0.1) is 0 Å². The molecular weight excluding hydrogens is 396 g/mol. The van der Waals surface area contributed by atoms with E-state index in [-0.39, 0.29) is 11.8 Å². The first-order valence-corrected chi connectivity index (χ1v) is 11.2. The molecule has 0 aliphatic heterocycles. The third-order valence-electron chi connectivity index (χ3n) is 5.38. The molecule has 2 aromatic carbocycles. The first kappa shape index (κ1) is 23.9. The second kappa shape index (κ2) is 12.4. The molecule has 0 aliphatic carbocycles. The summed E-state index contributed by atoms with van der Waals surface area (Å²) in [6, 6.07) is 15.1. The van der Waals surface area contributed by atoms with Gasteiger partial charge in [-0.05, 0) is 48.9 Å². The number of halogens is 1. The first-order valence-electron chi connectivity index (χ1n) is 10.8. The average Bonchev–Trinajstić information content (AvgIpc) is 2.74. The number of nitrogens with one attached hydrogen (secondary N) is 1. The quantitative estimate of drug-likeness (QED) is 0.493. The lowest BCUT2D eigenvalue weighted by atomic mass is 10.0. The molecule has 2 amide bonds. The Morgan fingerprint density at radius 2 is 1.70 bits per heavy atom. The van der Waals surface area contributed by atoms with E-state index < -0.39 is 6.04 Å². The number of rotatable bonds is 11. The minimum absolute atomic E-state index is 0.0318. The molecule has 0 saturated carbocycles. The monoisotopic (exact) mass is 428 g/mol. The van der Waals surface area contributed by atoms with Crippen molar-refractivity contribution in [2.75, 3.05) is 6.54 Å². The number of amides is 2. The largest absolute Gasteiger partial charge is 0.354 e. The highest BCUT2D eigenvalue weighted by atomic mass is 35.5. The van der Waals surface area contributed by atoms with E-state index in [1.807, 2.05) is 62.4 Å². The Hall–Kier alpha value is -2.33. The highest BCUT2D eigenvalue weighted by Gasteiger charge is 2.28. The second-order valence-electron chi connectivity index (χ2n) is 7.61. The van der Waals surface area contributed by atoms with Crippen LogP contribution in [0, 0.1) is 6.92 Å². The minimum Gasteiger partial charge on any atom is -0.354 e. The zero-order chi connectivity index (χ0) is 21.9. The molecule has 0 spiro atoms. The molecule has 30 heavy (non-hydrogen) atoms. The van der Waals surface area contributed by atoms with Crippen molar-refractivity contribution in [1.29, 1.82) is 0 Å². The molecule has 0 heterocycles. The van der Waals surface area contributed by atoms with Crippen LogP contribution in [0.3, 0.4) is 0 Å². The minimum atomic E-state index is -0.486. The summed E-state index contributed by atoms with van der Waals surface area (Å²) in [5, 5.41) is 3.67. The third-order valence-corrected chi connectivity index (χ3v) is 5.75. The Morgan fingerprint density at radius 1 is 1.03 bits per heavy atom. The van der Waals surface area contributed by atoms with Crippen molar-refractivity contribution >= 4 is 23.4 Å². The van der Waals surface area contributed by atoms with Gasteiger partial charge in [-0.3, -0.25) is 9.59 Å². The second-order valence-corrected chi connectivity index (χ2v) is 8.02. The van der Waals surface area contributed by atoms with E-state index >= 15 is 0 Å². The van der Waals surface area contributed by atoms with Crippen molar-refractivity contribution in [2.24, 2.45) is 0 Å². The van der Waals surface area contributed by atoms with E-state index in [0.717, 1.165) is 29.5 Å². The summed E-state index contributed by atoms with van der Waals surface area (Å²) in [6.45, 7) is 7.14. The average molecular weight is 429 g/mol. The van der Waals surface area contributed by atoms with Gasteiger partial charge in [0.15, 0.2) is 0 Å². The number of aryl methyl sites for hydroxylation is 2. The van der Waals surface area contributed by atoms with Crippen LogP contribution in [0.15, 0.2) is 48.5 Å². The van der Waals surface area contributed by atoms with Crippen LogP contribution in [0.1, 0.15) is 56.2 Å². The van der Waals surface area contributed by atoms with Crippen LogP contribution in [0.25, 0.3) is 0 Å². The topological polar surface area (TPSA) is 49.4 Å². The van der Waals surface area contributed by atoms with Gasteiger partial charge in [0.25, 0.3) is 0 Å². The summed E-state index contributed by atoms with van der Waals surface area (Å²) >= 11 is 6.26. The molecule has 4 nitrogen and oxygen atoms in total. The molecule has 0 unspecified atom stereocenters. The van der Waals surface area contributed by atoms with Gasteiger partial charge in [0, 0.05) is 24.5 Å². The molecule has 2 rings (SSSR count). The van der Waals surface area contributed by atoms with Crippen LogP contribution in [0.5, 0.6) is 0 Å². The highest BCUT2D eigenvalue weighted by Crippen LogP contribution is 2.20. The van der Waals surface area contributed by atoms with Crippen LogP contribution in [-0.4, -0.2) is 29.3 Å². The van der Waals surface area contributed by atoms with Crippen molar-refractivity contribution in [1.82, 2.24) is 10.2 Å². The summed E-state index contributed by atoms with van der Waals surface area (Å²) < 4.78 is 0. The predicted octanol–water partition coefficient (Wildman–Crippen LogP) is 5.30. The maximum Gasteiger partial charge on any atom is 0.242 e. The first-order chi connectivity index (χ1) is 14.5. The van der Waals surface area contributed by atoms with E-state index in [1.165, 1.54) is 0 Å². The molecule has 0 aliphatic rings. The standard InChI is InChI=1S/C25H33ClN2O2/c1-4-6-17-27-25(30)23(5-2)28(18-21-13-8-7-11-19(21)3)24(29)16-15-20-12-9-10-14-22(20)26/h7-14,23H,4-6,15-18H2,1-3H3,(H,27,30)/t23-/m0/s1. The summed E-state index contributed by atoms with van der Waals surface area (Å²) in [4.78, 5) is 27.9. The van der Waals surface area contributed by atoms with E-state index in [9.17, 15) is 9.59 Å². The van der Waals surface area contributed by atoms with Gasteiger partial charge in [-0.2, -0.15) is 0 Å². The fraction of sp³-hybridized carbons (Fsp3) is 0.440. The van der Waals surface area contributed by atoms with E-state index in [2.05, 4.69) is 12.2 Å². The Balaban J connectivity index is 2.20. The van der Waals surface area contributed by atoms with E-state index in [1.54, 1.807) is 4.90 Å². The van der Waals surface area contributed by atoms with Crippen LogP contribution >= 0.6 is 11.6 Å². The normalized spacial score (nSPS) is 11.7. The predicted molar refractivity (Wildman–Crippen MR) is 123 cm³/mol. The number of carbonyl (C=O) groups excluding carboxylic acids is 2. The molecule has 5 heteroatoms. The number of hydrogen-bond acceptors (Lipinski definition) is 2. The van der Waals surface area contributed by atoms with Gasteiger partial charge in [-0.15, -0.1) is 0 Å². The molecule has 0 bridgehead atoms. The number of nitrogens with zero attached hydrogens (tertiary/aromatic N) is 1. The van der Waals surface area contributed by atoms with E-state index in [4.69, 9.17) is 11.6 Å². The summed E-state index contributed by atoms with van der Waals surface area (Å²) in [6.07, 6.45) is 3.38. The Bertz CT molecular complexity index is 837. The summed E-state index contributed by atoms with van der Waals surface area (Å²) in [5.74, 6) is -0.110. The maximum atomic E-state index is 13.3. The van der Waals surface area contributed by atoms with Gasteiger partial charge in [-0.25, -0.2) is 0 Å². The summed E-state index contributed by atoms with van der Waals surface area (Å²) in [5.41, 5.74) is 3.12. The van der Waals surface area contributed by atoms with Gasteiger partial charge in [0.2, 0.25) is 11.8 Å². The SMILES string of the molecule is CCCCNC(=O)[C@H](CC)N(Cc1ccccc1C)C(=O)CCc1ccccc1Cl. The van der Waals surface area contributed by atoms with Crippen molar-refractivity contribution in [3.05, 3.63) is 70.2 Å². The molecule has 1 atom stereocenters. The van der Waals surface area contributed by atoms with Gasteiger partial charge in [-0.1, -0.05) is 74.3 Å². The fourth-order valence-corrected chi connectivity index (χ4v) is 3.71. The smallest absolute Gasteiger partial charge is 0.242 e. The van der Waals surface area contributed by atoms with Crippen LogP contribution in [0.4, 0.5) is 0 Å². The molecular formula is C25H33ClN2O2. The Morgan fingerprint density at radius 3 is 2.33 bits per heavy atom. The zero-order valence-corrected chi connectivity index (χ0v) is 19.0. The maximum absolute atomic E-state index is 13.3. The number of unbranched alkanes of at least 4 members (excludes halogenated alkanes) is 1. The van der Waals surface area contributed by atoms with E-state index in [0.29, 0.717) is 37.4 Å². The van der Waals surface area contributed by atoms with Gasteiger partial charge in [0.1, 0.15) is 6.04 Å². The molecule has 0 fully saturated rings. The van der Waals surface area contributed by atoms with Gasteiger partial charge >= 0.3 is 0 Å². The van der Waals surface area contributed by atoms with Crippen molar-refractivity contribution < 1.29 is 9.59 Å². The highest BCUT2D eigenvalue weighted by molar-refractivity contribution is 6.31. The fourth-order valence-electron chi connectivity index (χ4n) is 3.48. The van der Waals surface area contributed by atoms with Crippen molar-refractivity contribution in [3.8, 4) is 0 Å². The molecule has 1 N–H and O–H groups in total. The molecule has 0 saturated heterocycles. The lowest BCUT2D eigenvalue weighted by Gasteiger charge is -2.31. The lowest BCUT2D eigenvalue weighted by Crippen LogP contribution is -2.49. The van der Waals surface area contributed by atoms with Crippen molar-refractivity contribution in [3.63, 3.8) is 0 Å². The number of carbonyl (C=O) groups is 2. The Labute approximate surface area is 185 Å². The van der Waals surface area contributed by atoms with Crippen molar-refractivity contribution in [2.45, 2.75) is 65.5 Å². The molecule has 2 aromatic rings. The lowest BCUT2D eigenvalue weighted by molar-refractivity contribution is -0.141. The van der Waals surface area contributed by atoms with Gasteiger partial charge < -0.3 is 10.2 Å². The number of benzene rings is 2. The molecule has 162 valence electrons. The molecule has 0 radical (unpaired) electrons. The Kier molecular flexibility index (Phi) is 9.88. The van der Waals surface area contributed by atoms with Crippen LogP contribution in [-0.2, 0) is 22.6 Å². The number of hydrogen-bond donors (Lipinski definition) is 1. The van der Waals surface area contributed by atoms with Crippen LogP contribution < -0.4 is 5.32 Å². The molecule has 0 aromatic heterocycles. The summed E-state index contributed by atoms with van der Waals surface area (Å²) in [7, 11) is 0. The zero-order valence-electron chi connectivity index (χ0n) is 18.3. The van der Waals surface area contributed by atoms with Crippen LogP contribution in [0.2, 0.25) is 5.02 Å².